The van der Waals surface area contributed by atoms with Gasteiger partial charge in [0, 0.05) is 0 Å². The second-order valence-corrected chi connectivity index (χ2v) is 5.54. The van der Waals surface area contributed by atoms with E-state index in [4.69, 9.17) is 9.15 Å². The van der Waals surface area contributed by atoms with Gasteiger partial charge in [-0.15, -0.1) is 5.10 Å². The average molecular weight is 324 g/mol. The average Bonchev–Trinajstić information content (AvgIpc) is 3.29. The molecule has 1 aliphatic rings. The zero-order valence-electron chi connectivity index (χ0n) is 12.9. The lowest BCUT2D eigenvalue weighted by Gasteiger charge is -2.24. The van der Waals surface area contributed by atoms with Crippen molar-refractivity contribution in [2.45, 2.75) is 25.8 Å². The fraction of sp³-hybridized carbons (Fsp3) is 0.235. The molecule has 0 radical (unpaired) electrons. The number of hydrogen-bond donors (Lipinski definition) is 1. The molecule has 2 aromatic heterocycles. The topological polar surface area (TPSA) is 82.2 Å². The Bertz CT molecular complexity index is 827. The highest BCUT2D eigenvalue weighted by Gasteiger charge is 2.27. The molecule has 7 nitrogen and oxygen atoms in total. The van der Waals surface area contributed by atoms with Crippen LogP contribution in [0, 0.1) is 0 Å². The lowest BCUT2D eigenvalue weighted by Crippen LogP contribution is -2.27. The highest BCUT2D eigenvalue weighted by molar-refractivity contribution is 5.93. The number of nitrogens with zero attached hydrogens (tertiary/aromatic N) is 3. The van der Waals surface area contributed by atoms with Gasteiger partial charge in [-0.3, -0.25) is 4.79 Å². The lowest BCUT2D eigenvalue weighted by molar-refractivity contribution is -0.00177. The standard InChI is InChI=1S/C17H16N4O3/c22-17(18-9-13-7-4-8-23-13)16-14-11-24-15(10-21(14)20-19-16)12-5-2-1-3-6-12/h1-8,15H,9-11H2,(H,18,22)/t15-/m1/s1. The van der Waals surface area contributed by atoms with Crippen molar-refractivity contribution in [1.29, 1.82) is 0 Å². The highest BCUT2D eigenvalue weighted by atomic mass is 16.5. The smallest absolute Gasteiger partial charge is 0.274 e. The molecule has 0 spiro atoms. The van der Waals surface area contributed by atoms with Crippen molar-refractivity contribution >= 4 is 5.91 Å². The van der Waals surface area contributed by atoms with Crippen molar-refractivity contribution in [2.75, 3.05) is 0 Å². The quantitative estimate of drug-likeness (QED) is 0.794. The minimum Gasteiger partial charge on any atom is -0.467 e. The van der Waals surface area contributed by atoms with Gasteiger partial charge in [0.2, 0.25) is 0 Å². The molecule has 0 saturated carbocycles. The molecule has 0 unspecified atom stereocenters. The van der Waals surface area contributed by atoms with E-state index in [9.17, 15) is 4.79 Å². The minimum atomic E-state index is -0.283. The number of carbonyl (C=O) groups is 1. The second-order valence-electron chi connectivity index (χ2n) is 5.54. The summed E-state index contributed by atoms with van der Waals surface area (Å²) in [6.07, 6.45) is 1.48. The van der Waals surface area contributed by atoms with Gasteiger partial charge >= 0.3 is 0 Å². The lowest BCUT2D eigenvalue weighted by atomic mass is 10.1. The molecule has 1 amide bonds. The van der Waals surface area contributed by atoms with Crippen molar-refractivity contribution in [3.05, 3.63) is 71.4 Å². The van der Waals surface area contributed by atoms with Crippen LogP contribution >= 0.6 is 0 Å². The van der Waals surface area contributed by atoms with Crippen LogP contribution in [0.5, 0.6) is 0 Å². The predicted octanol–water partition coefficient (Wildman–Crippen LogP) is 2.07. The van der Waals surface area contributed by atoms with E-state index in [0.717, 1.165) is 5.56 Å². The van der Waals surface area contributed by atoms with Crippen LogP contribution in [0.25, 0.3) is 0 Å². The molecule has 0 saturated heterocycles. The second kappa shape index (κ2) is 6.29. The number of nitrogens with one attached hydrogen (secondary N) is 1. The molecule has 0 bridgehead atoms. The van der Waals surface area contributed by atoms with Gasteiger partial charge in [0.1, 0.15) is 11.9 Å². The summed E-state index contributed by atoms with van der Waals surface area (Å²) < 4.78 is 12.8. The first kappa shape index (κ1) is 14.6. The number of rotatable bonds is 4. The summed E-state index contributed by atoms with van der Waals surface area (Å²) >= 11 is 0. The summed E-state index contributed by atoms with van der Waals surface area (Å²) in [6.45, 7) is 1.15. The Hall–Kier alpha value is -2.93. The third kappa shape index (κ3) is 2.81. The summed E-state index contributed by atoms with van der Waals surface area (Å²) in [5, 5.41) is 10.9. The summed E-state index contributed by atoms with van der Waals surface area (Å²) in [4.78, 5) is 12.3. The molecule has 1 aliphatic heterocycles. The maximum Gasteiger partial charge on any atom is 0.274 e. The maximum absolute atomic E-state index is 12.3. The van der Waals surface area contributed by atoms with E-state index in [-0.39, 0.29) is 12.0 Å². The summed E-state index contributed by atoms with van der Waals surface area (Å²) in [6, 6.07) is 13.5. The van der Waals surface area contributed by atoms with E-state index in [1.165, 1.54) is 0 Å². The van der Waals surface area contributed by atoms with Gasteiger partial charge in [-0.2, -0.15) is 0 Å². The first-order chi connectivity index (χ1) is 11.8. The molecule has 1 atom stereocenters. The molecule has 0 fully saturated rings. The number of hydrogen-bond acceptors (Lipinski definition) is 5. The van der Waals surface area contributed by atoms with Crippen molar-refractivity contribution in [3.8, 4) is 0 Å². The number of aromatic nitrogens is 3. The van der Waals surface area contributed by atoms with Crippen LogP contribution in [-0.4, -0.2) is 20.9 Å². The third-order valence-electron chi connectivity index (χ3n) is 3.99. The monoisotopic (exact) mass is 324 g/mol. The molecule has 24 heavy (non-hydrogen) atoms. The zero-order valence-corrected chi connectivity index (χ0v) is 12.9. The zero-order chi connectivity index (χ0) is 16.4. The summed E-state index contributed by atoms with van der Waals surface area (Å²) in [5.41, 5.74) is 2.08. The van der Waals surface area contributed by atoms with Gasteiger partial charge in [0.15, 0.2) is 5.69 Å². The van der Waals surface area contributed by atoms with Crippen LogP contribution in [-0.2, 0) is 24.4 Å². The predicted molar refractivity (Wildman–Crippen MR) is 83.9 cm³/mol. The Kier molecular flexibility index (Phi) is 3.84. The van der Waals surface area contributed by atoms with E-state index in [2.05, 4.69) is 15.6 Å². The van der Waals surface area contributed by atoms with Gasteiger partial charge in [0.25, 0.3) is 5.91 Å². The number of carbonyl (C=O) groups excluding carboxylic acids is 1. The molecule has 0 aliphatic carbocycles. The fourth-order valence-corrected chi connectivity index (χ4v) is 2.72. The Morgan fingerprint density at radius 2 is 2.12 bits per heavy atom. The number of fused-ring (bicyclic) bond motifs is 1. The first-order valence-corrected chi connectivity index (χ1v) is 7.71. The molecular weight excluding hydrogens is 308 g/mol. The van der Waals surface area contributed by atoms with Gasteiger partial charge < -0.3 is 14.5 Å². The molecule has 1 N–H and O–H groups in total. The third-order valence-corrected chi connectivity index (χ3v) is 3.99. The molecule has 7 heteroatoms. The molecule has 1 aromatic carbocycles. The van der Waals surface area contributed by atoms with Crippen molar-refractivity contribution in [3.63, 3.8) is 0 Å². The highest BCUT2D eigenvalue weighted by Crippen LogP contribution is 2.26. The number of furan rings is 1. The number of ether oxygens (including phenoxy) is 1. The van der Waals surface area contributed by atoms with E-state index >= 15 is 0 Å². The first-order valence-electron chi connectivity index (χ1n) is 7.71. The van der Waals surface area contributed by atoms with Gasteiger partial charge in [-0.05, 0) is 17.7 Å². The maximum atomic E-state index is 12.3. The molecule has 122 valence electrons. The largest absolute Gasteiger partial charge is 0.467 e. The Morgan fingerprint density at radius 1 is 1.25 bits per heavy atom. The summed E-state index contributed by atoms with van der Waals surface area (Å²) in [7, 11) is 0. The van der Waals surface area contributed by atoms with E-state index in [1.807, 2.05) is 30.3 Å². The van der Waals surface area contributed by atoms with Crippen molar-refractivity contribution in [1.82, 2.24) is 20.3 Å². The Morgan fingerprint density at radius 3 is 2.92 bits per heavy atom. The van der Waals surface area contributed by atoms with Crippen LogP contribution in [0.15, 0.2) is 53.1 Å². The van der Waals surface area contributed by atoms with Gasteiger partial charge in [-0.25, -0.2) is 4.68 Å². The van der Waals surface area contributed by atoms with Crippen LogP contribution in [0.2, 0.25) is 0 Å². The van der Waals surface area contributed by atoms with E-state index in [1.54, 1.807) is 23.1 Å². The van der Waals surface area contributed by atoms with Crippen molar-refractivity contribution in [2.24, 2.45) is 0 Å². The van der Waals surface area contributed by atoms with Crippen LogP contribution in [0.4, 0.5) is 0 Å². The Labute approximate surface area is 138 Å². The molecule has 4 rings (SSSR count). The molecular formula is C17H16N4O3. The molecule has 3 aromatic rings. The van der Waals surface area contributed by atoms with Crippen LogP contribution in [0.3, 0.4) is 0 Å². The van der Waals surface area contributed by atoms with Gasteiger partial charge in [-0.1, -0.05) is 35.5 Å². The Balaban J connectivity index is 1.47. The fourth-order valence-electron chi connectivity index (χ4n) is 2.72. The van der Waals surface area contributed by atoms with Crippen molar-refractivity contribution < 1.29 is 13.9 Å². The summed E-state index contributed by atoms with van der Waals surface area (Å²) in [5.74, 6) is 0.402. The number of amides is 1. The number of benzene rings is 1. The van der Waals surface area contributed by atoms with E-state index < -0.39 is 0 Å². The molecule has 3 heterocycles. The SMILES string of the molecule is O=C(NCc1ccco1)c1nnn2c1CO[C@@H](c1ccccc1)C2. The van der Waals surface area contributed by atoms with Crippen LogP contribution in [0.1, 0.15) is 33.6 Å². The minimum absolute atomic E-state index is 0.0839. The van der Waals surface area contributed by atoms with E-state index in [0.29, 0.717) is 36.8 Å². The van der Waals surface area contributed by atoms with Crippen LogP contribution < -0.4 is 5.32 Å². The van der Waals surface area contributed by atoms with Gasteiger partial charge in [0.05, 0.1) is 31.7 Å². The normalized spacial score (nSPS) is 16.6.